The molecule has 138 valence electrons. The van der Waals surface area contributed by atoms with E-state index in [-0.39, 0.29) is 22.4 Å². The lowest BCUT2D eigenvalue weighted by Crippen LogP contribution is -2.45. The summed E-state index contributed by atoms with van der Waals surface area (Å²) in [4.78, 5) is 23.2. The Labute approximate surface area is 151 Å². The van der Waals surface area contributed by atoms with Crippen LogP contribution in [0.15, 0.2) is 59.5 Å². The molecule has 0 unspecified atom stereocenters. The average Bonchev–Trinajstić information content (AvgIpc) is 2.59. The van der Waals surface area contributed by atoms with Gasteiger partial charge in [-0.2, -0.15) is 13.2 Å². The summed E-state index contributed by atoms with van der Waals surface area (Å²) in [5.74, 6) is -0.414. The summed E-state index contributed by atoms with van der Waals surface area (Å²) in [6.07, 6.45) is 0. The molecule has 0 heterocycles. The van der Waals surface area contributed by atoms with Gasteiger partial charge in [-0.15, -0.1) is 0 Å². The number of para-hydroxylation sites is 1. The Kier molecular flexibility index (Phi) is 6.73. The molecule has 0 saturated heterocycles. The second kappa shape index (κ2) is 8.99. The molecule has 0 saturated carbocycles. The molecule has 0 fully saturated rings. The molecular weight excluding hydrogens is 371 g/mol. The van der Waals surface area contributed by atoms with Crippen molar-refractivity contribution in [2.75, 3.05) is 11.9 Å². The van der Waals surface area contributed by atoms with Crippen LogP contribution >= 0.6 is 11.8 Å². The second-order valence-electron chi connectivity index (χ2n) is 4.80. The molecule has 26 heavy (non-hydrogen) atoms. The van der Waals surface area contributed by atoms with Crippen LogP contribution in [0, 0.1) is 0 Å². The number of rotatable bonds is 5. The maximum absolute atomic E-state index is 12.2. The van der Waals surface area contributed by atoms with E-state index < -0.39 is 24.1 Å². The molecular formula is C16H14F3N3O3S. The number of hydrazine groups is 1. The summed E-state index contributed by atoms with van der Waals surface area (Å²) in [6.45, 7) is -0.419. The zero-order valence-corrected chi connectivity index (χ0v) is 14.0. The molecule has 0 bridgehead atoms. The Bertz CT molecular complexity index is 740. The molecule has 6 nitrogen and oxygen atoms in total. The zero-order valence-electron chi connectivity index (χ0n) is 13.2. The van der Waals surface area contributed by atoms with Gasteiger partial charge in [-0.05, 0) is 48.2 Å². The normalized spacial score (nSPS) is 10.7. The fourth-order valence-electron chi connectivity index (χ4n) is 1.73. The van der Waals surface area contributed by atoms with Crippen molar-refractivity contribution in [3.05, 3.63) is 54.6 Å². The van der Waals surface area contributed by atoms with Crippen molar-refractivity contribution in [3.63, 3.8) is 0 Å². The van der Waals surface area contributed by atoms with Crippen LogP contribution in [0.5, 0.6) is 5.75 Å². The minimum absolute atomic E-state index is 0.00792. The number of carbonyl (C=O) groups is 2. The molecule has 0 aliphatic rings. The average molecular weight is 385 g/mol. The van der Waals surface area contributed by atoms with Crippen LogP contribution in [0.2, 0.25) is 0 Å². The number of hydrogen-bond donors (Lipinski definition) is 3. The quantitative estimate of drug-likeness (QED) is 0.543. The number of halogens is 3. The van der Waals surface area contributed by atoms with E-state index in [2.05, 4.69) is 16.2 Å². The van der Waals surface area contributed by atoms with Crippen LogP contribution < -0.4 is 20.9 Å². The highest BCUT2D eigenvalue weighted by Crippen LogP contribution is 2.37. The fourth-order valence-corrected chi connectivity index (χ4v) is 2.27. The third-order valence-corrected chi connectivity index (χ3v) is 3.51. The van der Waals surface area contributed by atoms with E-state index in [1.165, 1.54) is 24.3 Å². The minimum Gasteiger partial charge on any atom is -0.484 e. The summed E-state index contributed by atoms with van der Waals surface area (Å²) in [7, 11) is 0. The highest BCUT2D eigenvalue weighted by molar-refractivity contribution is 8.00. The predicted octanol–water partition coefficient (Wildman–Crippen LogP) is 3.53. The molecule has 2 aromatic carbocycles. The maximum Gasteiger partial charge on any atom is 0.446 e. The van der Waals surface area contributed by atoms with E-state index in [0.29, 0.717) is 5.69 Å². The lowest BCUT2D eigenvalue weighted by Gasteiger charge is -2.10. The summed E-state index contributed by atoms with van der Waals surface area (Å²) in [6, 6.07) is 13.1. The first-order valence-electron chi connectivity index (χ1n) is 7.21. The summed E-state index contributed by atoms with van der Waals surface area (Å²) >= 11 is -0.243. The van der Waals surface area contributed by atoms with Gasteiger partial charge >= 0.3 is 11.5 Å². The van der Waals surface area contributed by atoms with Crippen LogP contribution in [0.4, 0.5) is 23.7 Å². The molecule has 0 atom stereocenters. The third kappa shape index (κ3) is 7.34. The number of anilines is 1. The summed E-state index contributed by atoms with van der Waals surface area (Å²) in [5.41, 5.74) is 0.462. The number of hydrogen-bond acceptors (Lipinski definition) is 4. The Hall–Kier alpha value is -2.88. The van der Waals surface area contributed by atoms with Crippen LogP contribution in [-0.2, 0) is 4.79 Å². The van der Waals surface area contributed by atoms with Crippen molar-refractivity contribution < 1.29 is 27.5 Å². The first kappa shape index (κ1) is 19.4. The minimum atomic E-state index is -4.37. The molecule has 0 spiro atoms. The van der Waals surface area contributed by atoms with Gasteiger partial charge in [-0.3, -0.25) is 10.2 Å². The number of urea groups is 1. The van der Waals surface area contributed by atoms with Crippen molar-refractivity contribution in [3.8, 4) is 5.75 Å². The van der Waals surface area contributed by atoms with E-state index in [9.17, 15) is 22.8 Å². The molecule has 0 aliphatic heterocycles. The van der Waals surface area contributed by atoms with E-state index in [1.807, 2.05) is 0 Å². The molecule has 10 heteroatoms. The third-order valence-electron chi connectivity index (χ3n) is 2.77. The molecule has 3 amide bonds. The molecule has 0 aliphatic carbocycles. The Morgan fingerprint density at radius 2 is 1.62 bits per heavy atom. The fraction of sp³-hybridized carbons (Fsp3) is 0.125. The zero-order chi connectivity index (χ0) is 19.0. The number of amides is 3. The lowest BCUT2D eigenvalue weighted by molar-refractivity contribution is -0.123. The maximum atomic E-state index is 12.2. The molecule has 0 radical (unpaired) electrons. The first-order valence-corrected chi connectivity index (χ1v) is 8.03. The van der Waals surface area contributed by atoms with E-state index >= 15 is 0 Å². The molecule has 0 aromatic heterocycles. The number of thioether (sulfide) groups is 1. The van der Waals surface area contributed by atoms with E-state index in [1.54, 1.807) is 30.3 Å². The lowest BCUT2D eigenvalue weighted by atomic mass is 10.3. The van der Waals surface area contributed by atoms with Gasteiger partial charge in [0.05, 0.1) is 0 Å². The molecule has 2 rings (SSSR count). The van der Waals surface area contributed by atoms with Crippen molar-refractivity contribution in [1.29, 1.82) is 0 Å². The topological polar surface area (TPSA) is 79.5 Å². The van der Waals surface area contributed by atoms with Gasteiger partial charge < -0.3 is 10.1 Å². The SMILES string of the molecule is O=C(COc1ccc(SC(F)(F)F)cc1)NNC(=O)Nc1ccccc1. The first-order chi connectivity index (χ1) is 12.3. The monoisotopic (exact) mass is 385 g/mol. The van der Waals surface area contributed by atoms with Crippen LogP contribution in [-0.4, -0.2) is 24.1 Å². The molecule has 2 aromatic rings. The summed E-state index contributed by atoms with van der Waals surface area (Å²) in [5, 5.41) is 2.50. The Morgan fingerprint density at radius 1 is 0.962 bits per heavy atom. The van der Waals surface area contributed by atoms with Gasteiger partial charge in [0.25, 0.3) is 5.91 Å². The highest BCUT2D eigenvalue weighted by atomic mass is 32.2. The van der Waals surface area contributed by atoms with Gasteiger partial charge in [0, 0.05) is 10.6 Å². The number of nitrogens with one attached hydrogen (secondary N) is 3. The van der Waals surface area contributed by atoms with Crippen LogP contribution in [0.1, 0.15) is 0 Å². The van der Waals surface area contributed by atoms with Crippen molar-refractivity contribution in [2.24, 2.45) is 0 Å². The number of alkyl halides is 3. The van der Waals surface area contributed by atoms with Crippen molar-refractivity contribution in [1.82, 2.24) is 10.9 Å². The Balaban J connectivity index is 1.70. The Morgan fingerprint density at radius 3 is 2.23 bits per heavy atom. The van der Waals surface area contributed by atoms with Gasteiger partial charge in [-0.25, -0.2) is 10.2 Å². The smallest absolute Gasteiger partial charge is 0.446 e. The van der Waals surface area contributed by atoms with Crippen LogP contribution in [0.25, 0.3) is 0 Å². The van der Waals surface area contributed by atoms with Gasteiger partial charge in [0.2, 0.25) is 0 Å². The number of benzene rings is 2. The van der Waals surface area contributed by atoms with Gasteiger partial charge in [0.1, 0.15) is 5.75 Å². The standard InChI is InChI=1S/C16H14F3N3O3S/c17-16(18,19)26-13-8-6-12(7-9-13)25-10-14(23)21-22-15(24)20-11-4-2-1-3-5-11/h1-9H,10H2,(H,21,23)(H2,20,22,24). The van der Waals surface area contributed by atoms with Crippen molar-refractivity contribution >= 4 is 29.4 Å². The number of carbonyl (C=O) groups excluding carboxylic acids is 2. The highest BCUT2D eigenvalue weighted by Gasteiger charge is 2.29. The number of ether oxygens (including phenoxy) is 1. The van der Waals surface area contributed by atoms with Crippen molar-refractivity contribution in [2.45, 2.75) is 10.4 Å². The summed E-state index contributed by atoms with van der Waals surface area (Å²) < 4.78 is 41.8. The largest absolute Gasteiger partial charge is 0.484 e. The van der Waals surface area contributed by atoms with Crippen LogP contribution in [0.3, 0.4) is 0 Å². The molecule has 3 N–H and O–H groups in total. The van der Waals surface area contributed by atoms with Gasteiger partial charge in [0.15, 0.2) is 6.61 Å². The van der Waals surface area contributed by atoms with E-state index in [4.69, 9.17) is 4.74 Å². The predicted molar refractivity (Wildman–Crippen MR) is 90.6 cm³/mol. The van der Waals surface area contributed by atoms with Gasteiger partial charge in [-0.1, -0.05) is 18.2 Å². The second-order valence-corrected chi connectivity index (χ2v) is 5.94. The van der Waals surface area contributed by atoms with E-state index in [0.717, 1.165) is 0 Å².